The molecule has 30 heavy (non-hydrogen) atoms. The third kappa shape index (κ3) is 5.24. The number of nitrogens with one attached hydrogen (secondary N) is 1. The molecule has 7 nitrogen and oxygen atoms in total. The van der Waals surface area contributed by atoms with E-state index in [1.54, 1.807) is 25.7 Å². The fourth-order valence-electron chi connectivity index (χ4n) is 3.59. The molecule has 0 unspecified atom stereocenters. The molecule has 0 spiro atoms. The number of ether oxygens (including phenoxy) is 2. The molecule has 1 aliphatic rings. The van der Waals surface area contributed by atoms with Crippen molar-refractivity contribution in [1.29, 1.82) is 0 Å². The SMILES string of the molecule is COc1ccc(CNC2CCN(c3ncccn3)CC2)cc1OCc1cccnc1. The lowest BCUT2D eigenvalue weighted by atomic mass is 10.0. The molecule has 1 N–H and O–H groups in total. The Morgan fingerprint density at radius 2 is 1.83 bits per heavy atom. The van der Waals surface area contributed by atoms with E-state index in [4.69, 9.17) is 9.47 Å². The Kier molecular flexibility index (Phi) is 6.72. The minimum absolute atomic E-state index is 0.459. The molecule has 2 aromatic heterocycles. The van der Waals surface area contributed by atoms with Gasteiger partial charge in [0.1, 0.15) is 6.61 Å². The quantitative estimate of drug-likeness (QED) is 0.617. The number of anilines is 1. The summed E-state index contributed by atoms with van der Waals surface area (Å²) >= 11 is 0. The van der Waals surface area contributed by atoms with Crippen molar-refractivity contribution >= 4 is 5.95 Å². The van der Waals surface area contributed by atoms with Gasteiger partial charge in [-0.05, 0) is 42.7 Å². The van der Waals surface area contributed by atoms with E-state index in [9.17, 15) is 0 Å². The molecule has 7 heteroatoms. The fraction of sp³-hybridized carbons (Fsp3) is 0.348. The minimum atomic E-state index is 0.459. The van der Waals surface area contributed by atoms with E-state index >= 15 is 0 Å². The third-order valence-electron chi connectivity index (χ3n) is 5.27. The van der Waals surface area contributed by atoms with E-state index in [0.29, 0.717) is 12.6 Å². The van der Waals surface area contributed by atoms with Gasteiger partial charge in [-0.15, -0.1) is 0 Å². The Hall–Kier alpha value is -3.19. The van der Waals surface area contributed by atoms with Crippen molar-refractivity contribution in [3.8, 4) is 11.5 Å². The molecule has 4 rings (SSSR count). The molecule has 0 atom stereocenters. The van der Waals surface area contributed by atoms with Crippen molar-refractivity contribution in [2.24, 2.45) is 0 Å². The topological polar surface area (TPSA) is 72.4 Å². The van der Waals surface area contributed by atoms with Crippen LogP contribution in [0.1, 0.15) is 24.0 Å². The molecule has 3 heterocycles. The van der Waals surface area contributed by atoms with E-state index in [2.05, 4.69) is 37.3 Å². The van der Waals surface area contributed by atoms with E-state index < -0.39 is 0 Å². The molecule has 156 valence electrons. The van der Waals surface area contributed by atoms with Crippen molar-refractivity contribution in [3.63, 3.8) is 0 Å². The average Bonchev–Trinajstić information content (AvgIpc) is 2.83. The fourth-order valence-corrected chi connectivity index (χ4v) is 3.59. The molecule has 3 aromatic rings. The highest BCUT2D eigenvalue weighted by Crippen LogP contribution is 2.29. The van der Waals surface area contributed by atoms with Gasteiger partial charge in [-0.2, -0.15) is 0 Å². The predicted octanol–water partition coefficient (Wildman–Crippen LogP) is 3.22. The Bertz CT molecular complexity index is 915. The molecular weight excluding hydrogens is 378 g/mol. The average molecular weight is 406 g/mol. The molecular formula is C23H27N5O2. The van der Waals surface area contributed by atoms with Gasteiger partial charge < -0.3 is 19.7 Å². The van der Waals surface area contributed by atoms with E-state index in [0.717, 1.165) is 55.5 Å². The summed E-state index contributed by atoms with van der Waals surface area (Å²) in [5, 5.41) is 3.67. The standard InChI is InChI=1S/C23H27N5O2/c1-29-21-6-5-18(14-22(21)30-17-19-4-2-9-24-15-19)16-27-20-7-12-28(13-8-20)23-25-10-3-11-26-23/h2-6,9-11,14-15,20,27H,7-8,12-13,16-17H2,1H3. The first-order valence-electron chi connectivity index (χ1n) is 10.3. The van der Waals surface area contributed by atoms with Gasteiger partial charge in [0.25, 0.3) is 0 Å². The minimum Gasteiger partial charge on any atom is -0.493 e. The van der Waals surface area contributed by atoms with Crippen LogP contribution in [-0.4, -0.2) is 41.2 Å². The van der Waals surface area contributed by atoms with E-state index in [1.807, 2.05) is 30.5 Å². The summed E-state index contributed by atoms with van der Waals surface area (Å²) in [6.07, 6.45) is 9.30. The molecule has 1 aromatic carbocycles. The van der Waals surface area contributed by atoms with E-state index in [1.165, 1.54) is 5.56 Å². The first-order chi connectivity index (χ1) is 14.8. The van der Waals surface area contributed by atoms with Crippen LogP contribution in [0.5, 0.6) is 11.5 Å². The molecule has 1 aliphatic heterocycles. The Morgan fingerprint density at radius 3 is 2.57 bits per heavy atom. The number of benzene rings is 1. The van der Waals surface area contributed by atoms with Crippen LogP contribution < -0.4 is 19.7 Å². The number of aromatic nitrogens is 3. The normalized spacial score (nSPS) is 14.5. The second kappa shape index (κ2) is 10.0. The van der Waals surface area contributed by atoms with Gasteiger partial charge in [0.2, 0.25) is 5.95 Å². The highest BCUT2D eigenvalue weighted by atomic mass is 16.5. The maximum atomic E-state index is 6.00. The molecule has 0 radical (unpaired) electrons. The number of hydrogen-bond acceptors (Lipinski definition) is 7. The van der Waals surface area contributed by atoms with Crippen LogP contribution in [0.3, 0.4) is 0 Å². The maximum absolute atomic E-state index is 6.00. The van der Waals surface area contributed by atoms with Crippen LogP contribution in [0.4, 0.5) is 5.95 Å². The highest BCUT2D eigenvalue weighted by molar-refractivity contribution is 5.43. The summed E-state index contributed by atoms with van der Waals surface area (Å²) in [6.45, 7) is 3.17. The Balaban J connectivity index is 1.30. The molecule has 1 fully saturated rings. The van der Waals surface area contributed by atoms with Gasteiger partial charge >= 0.3 is 0 Å². The number of nitrogens with zero attached hydrogens (tertiary/aromatic N) is 4. The third-order valence-corrected chi connectivity index (χ3v) is 5.27. The summed E-state index contributed by atoms with van der Waals surface area (Å²) in [5.41, 5.74) is 2.20. The first-order valence-corrected chi connectivity index (χ1v) is 10.3. The summed E-state index contributed by atoms with van der Waals surface area (Å²) in [4.78, 5) is 15.1. The lowest BCUT2D eigenvalue weighted by molar-refractivity contribution is 0.283. The highest BCUT2D eigenvalue weighted by Gasteiger charge is 2.20. The second-order valence-electron chi connectivity index (χ2n) is 7.33. The van der Waals surface area contributed by atoms with Crippen LogP contribution in [0, 0.1) is 0 Å². The lowest BCUT2D eigenvalue weighted by Gasteiger charge is -2.32. The molecule has 0 saturated carbocycles. The number of piperidine rings is 1. The molecule has 0 aliphatic carbocycles. The van der Waals surface area contributed by atoms with Crippen molar-refractivity contribution in [3.05, 3.63) is 72.3 Å². The Labute approximate surface area is 177 Å². The van der Waals surface area contributed by atoms with Gasteiger partial charge in [-0.1, -0.05) is 12.1 Å². The number of rotatable bonds is 8. The number of pyridine rings is 1. The summed E-state index contributed by atoms with van der Waals surface area (Å²) < 4.78 is 11.5. The van der Waals surface area contributed by atoms with Gasteiger partial charge in [0.15, 0.2) is 11.5 Å². The van der Waals surface area contributed by atoms with Crippen molar-refractivity contribution in [1.82, 2.24) is 20.3 Å². The number of hydrogen-bond donors (Lipinski definition) is 1. The zero-order valence-corrected chi connectivity index (χ0v) is 17.2. The maximum Gasteiger partial charge on any atom is 0.225 e. The van der Waals surface area contributed by atoms with Crippen LogP contribution in [0.15, 0.2) is 61.2 Å². The molecule has 0 amide bonds. The lowest BCUT2D eigenvalue weighted by Crippen LogP contribution is -2.42. The van der Waals surface area contributed by atoms with Crippen molar-refractivity contribution in [2.45, 2.75) is 32.0 Å². The summed E-state index contributed by atoms with van der Waals surface area (Å²) in [5.74, 6) is 2.30. The molecule has 1 saturated heterocycles. The Morgan fingerprint density at radius 1 is 1.00 bits per heavy atom. The monoisotopic (exact) mass is 405 g/mol. The number of methoxy groups -OCH3 is 1. The van der Waals surface area contributed by atoms with Crippen molar-refractivity contribution in [2.75, 3.05) is 25.1 Å². The van der Waals surface area contributed by atoms with Crippen LogP contribution in [0.25, 0.3) is 0 Å². The van der Waals surface area contributed by atoms with Gasteiger partial charge in [0.05, 0.1) is 7.11 Å². The zero-order chi connectivity index (χ0) is 20.6. The van der Waals surface area contributed by atoms with Gasteiger partial charge in [0, 0.05) is 56.0 Å². The smallest absolute Gasteiger partial charge is 0.225 e. The molecule has 0 bridgehead atoms. The first kappa shape index (κ1) is 20.1. The zero-order valence-electron chi connectivity index (χ0n) is 17.2. The van der Waals surface area contributed by atoms with Crippen LogP contribution in [-0.2, 0) is 13.2 Å². The van der Waals surface area contributed by atoms with Crippen molar-refractivity contribution < 1.29 is 9.47 Å². The van der Waals surface area contributed by atoms with Gasteiger partial charge in [-0.25, -0.2) is 9.97 Å². The van der Waals surface area contributed by atoms with Crippen LogP contribution in [0.2, 0.25) is 0 Å². The van der Waals surface area contributed by atoms with Crippen LogP contribution >= 0.6 is 0 Å². The summed E-state index contributed by atoms with van der Waals surface area (Å²) in [6, 6.07) is 12.3. The van der Waals surface area contributed by atoms with E-state index in [-0.39, 0.29) is 0 Å². The summed E-state index contributed by atoms with van der Waals surface area (Å²) in [7, 11) is 1.66. The predicted molar refractivity (Wildman–Crippen MR) is 116 cm³/mol. The second-order valence-corrected chi connectivity index (χ2v) is 7.33. The largest absolute Gasteiger partial charge is 0.493 e. The van der Waals surface area contributed by atoms with Gasteiger partial charge in [-0.3, -0.25) is 4.98 Å².